The number of rotatable bonds is 1. The van der Waals surface area contributed by atoms with Crippen LogP contribution in [0.4, 0.5) is 4.79 Å². The molecule has 1 saturated carbocycles. The average molecular weight is 255 g/mol. The Kier molecular flexibility index (Phi) is 2.10. The first-order valence-corrected chi connectivity index (χ1v) is 6.55. The molecule has 0 aromatic heterocycles. The monoisotopic (exact) mass is 255 g/mol. The maximum Gasteiger partial charge on any atom is 0.417 e. The van der Waals surface area contributed by atoms with Crippen molar-refractivity contribution in [2.75, 3.05) is 0 Å². The van der Waals surface area contributed by atoms with Crippen molar-refractivity contribution < 1.29 is 14.3 Å². The number of fused-ring (bicyclic) bond motifs is 3. The van der Waals surface area contributed by atoms with Gasteiger partial charge >= 0.3 is 6.09 Å². The Hall–Kier alpha value is -2.10. The van der Waals surface area contributed by atoms with Crippen molar-refractivity contribution in [3.05, 3.63) is 47.0 Å². The van der Waals surface area contributed by atoms with Gasteiger partial charge in [0.05, 0.1) is 0 Å². The normalized spacial score (nSPS) is 26.8. The lowest BCUT2D eigenvalue weighted by atomic mass is 10.1. The van der Waals surface area contributed by atoms with Crippen LogP contribution in [-0.4, -0.2) is 23.0 Å². The van der Waals surface area contributed by atoms with Gasteiger partial charge in [-0.1, -0.05) is 29.8 Å². The number of hydrogen-bond donors (Lipinski definition) is 0. The summed E-state index contributed by atoms with van der Waals surface area (Å²) in [6.45, 7) is 0. The number of benzene rings is 1. The number of allylic oxidation sites excluding steroid dienone is 1. The van der Waals surface area contributed by atoms with Gasteiger partial charge in [-0.2, -0.15) is 0 Å². The number of imide groups is 1. The van der Waals surface area contributed by atoms with Crippen molar-refractivity contribution in [3.63, 3.8) is 0 Å². The molecule has 1 aromatic rings. The van der Waals surface area contributed by atoms with Crippen LogP contribution in [0.2, 0.25) is 0 Å². The second-order valence-corrected chi connectivity index (χ2v) is 5.28. The van der Waals surface area contributed by atoms with Gasteiger partial charge in [0, 0.05) is 12.5 Å². The van der Waals surface area contributed by atoms with Crippen molar-refractivity contribution in [1.82, 2.24) is 4.90 Å². The van der Waals surface area contributed by atoms with E-state index in [2.05, 4.69) is 0 Å². The lowest BCUT2D eigenvalue weighted by Crippen LogP contribution is -2.33. The third kappa shape index (κ3) is 1.59. The Morgan fingerprint density at radius 1 is 1.32 bits per heavy atom. The molecule has 4 heteroatoms. The molecule has 1 saturated heterocycles. The van der Waals surface area contributed by atoms with Gasteiger partial charge < -0.3 is 4.74 Å². The van der Waals surface area contributed by atoms with Crippen molar-refractivity contribution in [3.8, 4) is 0 Å². The largest absolute Gasteiger partial charge is 0.443 e. The number of nitrogens with zero attached hydrogens (tertiary/aromatic N) is 1. The first-order chi connectivity index (χ1) is 9.24. The van der Waals surface area contributed by atoms with Crippen LogP contribution < -0.4 is 0 Å². The molecule has 4 rings (SSSR count). The summed E-state index contributed by atoms with van der Waals surface area (Å²) in [6.07, 6.45) is 3.51. The van der Waals surface area contributed by atoms with Gasteiger partial charge in [0.2, 0.25) is 0 Å². The van der Waals surface area contributed by atoms with E-state index in [0.29, 0.717) is 6.42 Å². The van der Waals surface area contributed by atoms with E-state index < -0.39 is 6.09 Å². The van der Waals surface area contributed by atoms with E-state index in [9.17, 15) is 9.59 Å². The SMILES string of the molecule is O=C(C=C1CC1)N1C(=O)O[C@@H]2Cc3ccccc3[C@@H]21. The summed E-state index contributed by atoms with van der Waals surface area (Å²) >= 11 is 0. The van der Waals surface area contributed by atoms with Crippen molar-refractivity contribution >= 4 is 12.0 Å². The smallest absolute Gasteiger partial charge is 0.417 e. The first-order valence-electron chi connectivity index (χ1n) is 6.55. The van der Waals surface area contributed by atoms with Crippen LogP contribution in [0.25, 0.3) is 0 Å². The fraction of sp³-hybridized carbons (Fsp3) is 0.333. The quantitative estimate of drug-likeness (QED) is 0.724. The van der Waals surface area contributed by atoms with Crippen molar-refractivity contribution in [2.24, 2.45) is 0 Å². The molecule has 2 atom stereocenters. The molecule has 2 aliphatic carbocycles. The van der Waals surface area contributed by atoms with Gasteiger partial charge in [-0.25, -0.2) is 9.69 Å². The summed E-state index contributed by atoms with van der Waals surface area (Å²) in [5.74, 6) is -0.235. The molecule has 3 aliphatic rings. The summed E-state index contributed by atoms with van der Waals surface area (Å²) < 4.78 is 5.34. The van der Waals surface area contributed by atoms with E-state index in [1.807, 2.05) is 24.3 Å². The van der Waals surface area contributed by atoms with Crippen LogP contribution in [0.1, 0.15) is 30.0 Å². The van der Waals surface area contributed by atoms with Gasteiger partial charge in [0.15, 0.2) is 0 Å². The zero-order chi connectivity index (χ0) is 13.0. The number of hydrogen-bond acceptors (Lipinski definition) is 3. The average Bonchev–Trinajstić information content (AvgIpc) is 3.03. The molecule has 0 radical (unpaired) electrons. The van der Waals surface area contributed by atoms with E-state index in [1.165, 1.54) is 10.5 Å². The van der Waals surface area contributed by atoms with Crippen LogP contribution >= 0.6 is 0 Å². The van der Waals surface area contributed by atoms with E-state index in [-0.39, 0.29) is 18.1 Å². The van der Waals surface area contributed by atoms with Gasteiger partial charge in [-0.3, -0.25) is 4.79 Å². The maximum absolute atomic E-state index is 12.2. The van der Waals surface area contributed by atoms with E-state index in [0.717, 1.165) is 24.0 Å². The predicted octanol–water partition coefficient (Wildman–Crippen LogP) is 2.35. The number of carbonyl (C=O) groups is 2. The predicted molar refractivity (Wildman–Crippen MR) is 67.3 cm³/mol. The van der Waals surface area contributed by atoms with Gasteiger partial charge in [0.25, 0.3) is 5.91 Å². The molecule has 96 valence electrons. The topological polar surface area (TPSA) is 46.6 Å². The second kappa shape index (κ2) is 3.70. The second-order valence-electron chi connectivity index (χ2n) is 5.28. The molecular weight excluding hydrogens is 242 g/mol. The minimum Gasteiger partial charge on any atom is -0.443 e. The molecule has 2 amide bonds. The van der Waals surface area contributed by atoms with Gasteiger partial charge in [0.1, 0.15) is 12.1 Å². The highest BCUT2D eigenvalue weighted by Crippen LogP contribution is 2.43. The van der Waals surface area contributed by atoms with Gasteiger partial charge in [-0.15, -0.1) is 0 Å². The van der Waals surface area contributed by atoms with Crippen LogP contribution in [0.5, 0.6) is 0 Å². The molecule has 0 bridgehead atoms. The van der Waals surface area contributed by atoms with E-state index in [1.54, 1.807) is 6.08 Å². The first kappa shape index (κ1) is 10.8. The van der Waals surface area contributed by atoms with E-state index >= 15 is 0 Å². The fourth-order valence-electron chi connectivity index (χ4n) is 2.94. The third-order valence-corrected chi connectivity index (χ3v) is 3.98. The zero-order valence-electron chi connectivity index (χ0n) is 10.3. The van der Waals surface area contributed by atoms with Crippen LogP contribution in [0.3, 0.4) is 0 Å². The molecule has 0 N–H and O–H groups in total. The highest BCUT2D eigenvalue weighted by Gasteiger charge is 2.49. The Labute approximate surface area is 110 Å². The number of amides is 2. The molecular formula is C15H13NO3. The number of ether oxygens (including phenoxy) is 1. The Balaban J connectivity index is 1.73. The van der Waals surface area contributed by atoms with Crippen molar-refractivity contribution in [1.29, 1.82) is 0 Å². The lowest BCUT2D eigenvalue weighted by molar-refractivity contribution is -0.124. The Bertz CT molecular complexity index is 614. The molecule has 1 aromatic carbocycles. The standard InChI is InChI=1S/C15H13NO3/c17-13(7-9-5-6-9)16-14-11-4-2-1-3-10(11)8-12(14)19-15(16)18/h1-4,7,12,14H,5-6,8H2/t12-,14+/m1/s1. The fourth-order valence-corrected chi connectivity index (χ4v) is 2.94. The highest BCUT2D eigenvalue weighted by molar-refractivity contribution is 6.01. The minimum atomic E-state index is -0.507. The molecule has 4 nitrogen and oxygen atoms in total. The summed E-state index contributed by atoms with van der Waals surface area (Å²) in [5, 5.41) is 0. The molecule has 0 unspecified atom stereocenters. The summed E-state index contributed by atoms with van der Waals surface area (Å²) in [7, 11) is 0. The molecule has 2 fully saturated rings. The van der Waals surface area contributed by atoms with Crippen LogP contribution in [0, 0.1) is 0 Å². The molecule has 19 heavy (non-hydrogen) atoms. The van der Waals surface area contributed by atoms with Crippen molar-refractivity contribution in [2.45, 2.75) is 31.4 Å². The Morgan fingerprint density at radius 3 is 2.89 bits per heavy atom. The zero-order valence-corrected chi connectivity index (χ0v) is 10.3. The molecule has 1 aliphatic heterocycles. The third-order valence-electron chi connectivity index (χ3n) is 3.98. The van der Waals surface area contributed by atoms with E-state index in [4.69, 9.17) is 4.74 Å². The summed E-state index contributed by atoms with van der Waals surface area (Å²) in [5.41, 5.74) is 3.33. The maximum atomic E-state index is 12.2. The summed E-state index contributed by atoms with van der Waals surface area (Å²) in [4.78, 5) is 25.4. The van der Waals surface area contributed by atoms with Gasteiger partial charge in [-0.05, 0) is 24.0 Å². The van der Waals surface area contributed by atoms with Crippen LogP contribution in [-0.2, 0) is 16.0 Å². The molecule has 0 spiro atoms. The van der Waals surface area contributed by atoms with Crippen LogP contribution in [0.15, 0.2) is 35.9 Å². The summed E-state index contributed by atoms with van der Waals surface area (Å²) in [6, 6.07) is 7.68. The lowest BCUT2D eigenvalue weighted by Gasteiger charge is -2.17. The Morgan fingerprint density at radius 2 is 2.11 bits per heavy atom. The minimum absolute atomic E-state index is 0.216. The highest BCUT2D eigenvalue weighted by atomic mass is 16.6. The number of carbonyl (C=O) groups excluding carboxylic acids is 2. The molecule has 1 heterocycles.